The summed E-state index contributed by atoms with van der Waals surface area (Å²) in [5.41, 5.74) is 0.155. The first-order valence-corrected chi connectivity index (χ1v) is 5.77. The first kappa shape index (κ1) is 14.0. The first-order chi connectivity index (χ1) is 6.12. The largest absolute Gasteiger partial charge is 0.308 e. The lowest BCUT2D eigenvalue weighted by molar-refractivity contribution is 0.315. The van der Waals surface area contributed by atoms with Gasteiger partial charge in [0.15, 0.2) is 0 Å². The van der Waals surface area contributed by atoms with E-state index >= 15 is 0 Å². The Bertz CT molecular complexity index is 190. The molecule has 0 radical (unpaired) electrons. The number of rotatable bonds is 4. The van der Waals surface area contributed by atoms with E-state index in [9.17, 15) is 0 Å². The molecular formula is C11H24N2S. The van der Waals surface area contributed by atoms with Crippen molar-refractivity contribution in [3.05, 3.63) is 0 Å². The molecule has 0 aromatic carbocycles. The van der Waals surface area contributed by atoms with Crippen molar-refractivity contribution in [1.82, 2.24) is 4.90 Å². The zero-order chi connectivity index (χ0) is 11.4. The van der Waals surface area contributed by atoms with Crippen molar-refractivity contribution >= 4 is 18.2 Å². The Balaban J connectivity index is 4.08. The predicted octanol–water partition coefficient (Wildman–Crippen LogP) is 3.09. The van der Waals surface area contributed by atoms with Gasteiger partial charge in [0.05, 0.1) is 0 Å². The summed E-state index contributed by atoms with van der Waals surface area (Å²) in [4.78, 5) is 2.19. The van der Waals surface area contributed by atoms with Crippen LogP contribution in [0.1, 0.15) is 34.6 Å². The zero-order valence-corrected chi connectivity index (χ0v) is 11.4. The third-order valence-corrected chi connectivity index (χ3v) is 2.21. The van der Waals surface area contributed by atoms with Crippen molar-refractivity contribution < 1.29 is 0 Å². The van der Waals surface area contributed by atoms with E-state index in [1.165, 1.54) is 0 Å². The topological polar surface area (TPSA) is 15.6 Å². The normalized spacial score (nSPS) is 14.3. The lowest BCUT2D eigenvalue weighted by Gasteiger charge is -2.24. The molecule has 0 spiro atoms. The molecule has 84 valence electrons. The third kappa shape index (κ3) is 8.57. The second-order valence-electron chi connectivity index (χ2n) is 5.66. The summed E-state index contributed by atoms with van der Waals surface area (Å²) < 4.78 is 4.65. The molecule has 0 aromatic heterocycles. The summed E-state index contributed by atoms with van der Waals surface area (Å²) in [5, 5.41) is 0. The minimum absolute atomic E-state index is 0.155. The van der Waals surface area contributed by atoms with E-state index in [4.69, 9.17) is 0 Å². The van der Waals surface area contributed by atoms with Crippen LogP contribution in [0.3, 0.4) is 0 Å². The van der Waals surface area contributed by atoms with Crippen molar-refractivity contribution in [2.45, 2.75) is 39.4 Å². The molecule has 0 aromatic rings. The SMILES string of the molecule is CN(C)CC(C)(C)/C=N/SC(C)(C)C. The van der Waals surface area contributed by atoms with Crippen LogP contribution < -0.4 is 0 Å². The molecule has 0 aliphatic carbocycles. The van der Waals surface area contributed by atoms with Gasteiger partial charge in [0.2, 0.25) is 0 Å². The van der Waals surface area contributed by atoms with E-state index in [1.54, 1.807) is 11.9 Å². The van der Waals surface area contributed by atoms with Gasteiger partial charge in [0.1, 0.15) is 0 Å². The van der Waals surface area contributed by atoms with Crippen LogP contribution in [0.2, 0.25) is 0 Å². The van der Waals surface area contributed by atoms with Crippen LogP contribution in [-0.4, -0.2) is 36.5 Å². The van der Waals surface area contributed by atoms with E-state index in [2.05, 4.69) is 64.2 Å². The van der Waals surface area contributed by atoms with Gasteiger partial charge in [-0.3, -0.25) is 0 Å². The Morgan fingerprint density at radius 3 is 2.00 bits per heavy atom. The van der Waals surface area contributed by atoms with Crippen LogP contribution in [0.25, 0.3) is 0 Å². The Morgan fingerprint density at radius 2 is 1.64 bits per heavy atom. The monoisotopic (exact) mass is 216 g/mol. The highest BCUT2D eigenvalue weighted by molar-refractivity contribution is 7.99. The number of hydrogen-bond acceptors (Lipinski definition) is 3. The van der Waals surface area contributed by atoms with Crippen molar-refractivity contribution in [1.29, 1.82) is 0 Å². The molecule has 0 heterocycles. The zero-order valence-electron chi connectivity index (χ0n) is 10.6. The van der Waals surface area contributed by atoms with Crippen LogP contribution in [0, 0.1) is 5.41 Å². The number of nitrogens with zero attached hydrogens (tertiary/aromatic N) is 2. The Kier molecular flexibility index (Phi) is 5.16. The van der Waals surface area contributed by atoms with Crippen molar-refractivity contribution in [3.8, 4) is 0 Å². The minimum Gasteiger partial charge on any atom is -0.308 e. The highest BCUT2D eigenvalue weighted by Gasteiger charge is 2.17. The summed E-state index contributed by atoms with van der Waals surface area (Å²) in [6.45, 7) is 12.0. The summed E-state index contributed by atoms with van der Waals surface area (Å²) in [6.07, 6.45) is 2.06. The molecule has 0 bridgehead atoms. The maximum Gasteiger partial charge on any atom is 0.0294 e. The standard InChI is InChI=1S/C11H24N2S/c1-10(2,3)14-12-8-11(4,5)9-13(6)7/h8H,9H2,1-7H3/b12-8+. The average Bonchev–Trinajstić information content (AvgIpc) is 1.78. The van der Waals surface area contributed by atoms with Crippen LogP contribution in [0.5, 0.6) is 0 Å². The van der Waals surface area contributed by atoms with E-state index < -0.39 is 0 Å². The molecule has 0 fully saturated rings. The lowest BCUT2D eigenvalue weighted by Crippen LogP contribution is -2.29. The molecule has 0 rings (SSSR count). The second-order valence-corrected chi connectivity index (χ2v) is 7.28. The lowest BCUT2D eigenvalue weighted by atomic mass is 9.95. The highest BCUT2D eigenvalue weighted by Crippen LogP contribution is 2.25. The van der Waals surface area contributed by atoms with Gasteiger partial charge >= 0.3 is 0 Å². The smallest absolute Gasteiger partial charge is 0.0294 e. The van der Waals surface area contributed by atoms with Crippen LogP contribution in [0.4, 0.5) is 0 Å². The average molecular weight is 216 g/mol. The molecule has 0 unspecified atom stereocenters. The fourth-order valence-electron chi connectivity index (χ4n) is 1.18. The molecule has 0 amide bonds. The quantitative estimate of drug-likeness (QED) is 0.530. The molecule has 0 aliphatic rings. The molecule has 0 saturated heterocycles. The third-order valence-electron chi connectivity index (χ3n) is 1.45. The Labute approximate surface area is 93.3 Å². The minimum atomic E-state index is 0.155. The van der Waals surface area contributed by atoms with Gasteiger partial charge < -0.3 is 4.90 Å². The van der Waals surface area contributed by atoms with E-state index in [-0.39, 0.29) is 10.2 Å². The molecule has 3 heteroatoms. The fraction of sp³-hybridized carbons (Fsp3) is 0.909. The van der Waals surface area contributed by atoms with Gasteiger partial charge in [-0.1, -0.05) is 13.8 Å². The second kappa shape index (κ2) is 5.17. The first-order valence-electron chi connectivity index (χ1n) is 5.00. The Morgan fingerprint density at radius 1 is 1.14 bits per heavy atom. The van der Waals surface area contributed by atoms with Crippen molar-refractivity contribution in [2.75, 3.05) is 20.6 Å². The molecule has 0 saturated carbocycles. The van der Waals surface area contributed by atoms with Gasteiger partial charge in [0, 0.05) is 22.9 Å². The van der Waals surface area contributed by atoms with Crippen molar-refractivity contribution in [3.63, 3.8) is 0 Å². The maximum atomic E-state index is 4.43. The van der Waals surface area contributed by atoms with Gasteiger partial charge in [-0.25, -0.2) is 4.40 Å². The number of hydrogen-bond donors (Lipinski definition) is 0. The van der Waals surface area contributed by atoms with E-state index in [0.717, 1.165) is 6.54 Å². The van der Waals surface area contributed by atoms with Gasteiger partial charge in [-0.2, -0.15) is 0 Å². The van der Waals surface area contributed by atoms with E-state index in [0.29, 0.717) is 0 Å². The summed E-state index contributed by atoms with van der Waals surface area (Å²) in [6, 6.07) is 0. The van der Waals surface area contributed by atoms with E-state index in [1.807, 2.05) is 0 Å². The molecule has 2 nitrogen and oxygen atoms in total. The molecule has 0 aliphatic heterocycles. The summed E-state index contributed by atoms with van der Waals surface area (Å²) >= 11 is 1.64. The molecule has 0 N–H and O–H groups in total. The maximum absolute atomic E-state index is 4.43. The van der Waals surface area contributed by atoms with Crippen molar-refractivity contribution in [2.24, 2.45) is 9.81 Å². The molecule has 14 heavy (non-hydrogen) atoms. The van der Waals surface area contributed by atoms with Gasteiger partial charge in [-0.15, -0.1) is 0 Å². The molecule has 0 atom stereocenters. The van der Waals surface area contributed by atoms with Crippen LogP contribution in [0.15, 0.2) is 4.40 Å². The summed E-state index contributed by atoms with van der Waals surface area (Å²) in [5.74, 6) is 0. The summed E-state index contributed by atoms with van der Waals surface area (Å²) in [7, 11) is 4.18. The van der Waals surface area contributed by atoms with Crippen LogP contribution in [-0.2, 0) is 0 Å². The van der Waals surface area contributed by atoms with Crippen LogP contribution >= 0.6 is 11.9 Å². The highest BCUT2D eigenvalue weighted by atomic mass is 32.2. The van der Waals surface area contributed by atoms with Gasteiger partial charge in [-0.05, 0) is 46.8 Å². The van der Waals surface area contributed by atoms with Gasteiger partial charge in [0.25, 0.3) is 0 Å². The molecular weight excluding hydrogens is 192 g/mol. The Hall–Kier alpha value is -0.0200. The predicted molar refractivity (Wildman–Crippen MR) is 68.2 cm³/mol. The fourth-order valence-corrected chi connectivity index (χ4v) is 1.84.